The summed E-state index contributed by atoms with van der Waals surface area (Å²) in [6.45, 7) is 0.730. The minimum atomic E-state index is -0.600. The lowest BCUT2D eigenvalue weighted by Crippen LogP contribution is -2.51. The molecule has 4 aliphatic carbocycles. The molecule has 3 nitrogen and oxygen atoms in total. The fraction of sp³-hybridized carbons (Fsp3) is 0.647. The zero-order valence-electron chi connectivity index (χ0n) is 12.1. The molecule has 21 heavy (non-hydrogen) atoms. The number of halogens is 1. The smallest absolute Gasteiger partial charge is 0.270 e. The zero-order valence-corrected chi connectivity index (χ0v) is 12.1. The van der Waals surface area contributed by atoms with Crippen LogP contribution in [0.4, 0.5) is 4.39 Å². The van der Waals surface area contributed by atoms with Gasteiger partial charge in [-0.25, -0.2) is 4.98 Å². The quantitative estimate of drug-likeness (QED) is 0.868. The monoisotopic (exact) mass is 288 g/mol. The van der Waals surface area contributed by atoms with Crippen LogP contribution in [0.15, 0.2) is 18.2 Å². The molecule has 4 heteroatoms. The fourth-order valence-electron chi connectivity index (χ4n) is 5.40. The van der Waals surface area contributed by atoms with Crippen LogP contribution in [0.2, 0.25) is 0 Å². The molecule has 0 aromatic carbocycles. The number of carbonyl (C=O) groups excluding carboxylic acids is 1. The van der Waals surface area contributed by atoms with Crippen LogP contribution in [0.3, 0.4) is 0 Å². The van der Waals surface area contributed by atoms with E-state index in [1.165, 1.54) is 50.7 Å². The maximum Gasteiger partial charge on any atom is 0.270 e. The Labute approximate surface area is 124 Å². The van der Waals surface area contributed by atoms with E-state index in [0.717, 1.165) is 24.3 Å². The number of amides is 1. The van der Waals surface area contributed by atoms with Crippen molar-refractivity contribution in [2.24, 2.45) is 23.2 Å². The van der Waals surface area contributed by atoms with Crippen molar-refractivity contribution in [1.29, 1.82) is 0 Å². The molecule has 0 unspecified atom stereocenters. The second kappa shape index (κ2) is 4.79. The van der Waals surface area contributed by atoms with Gasteiger partial charge >= 0.3 is 0 Å². The van der Waals surface area contributed by atoms with E-state index in [1.54, 1.807) is 6.07 Å². The summed E-state index contributed by atoms with van der Waals surface area (Å²) in [5, 5.41) is 3.02. The van der Waals surface area contributed by atoms with Crippen molar-refractivity contribution < 1.29 is 9.18 Å². The van der Waals surface area contributed by atoms with Gasteiger partial charge in [0, 0.05) is 6.54 Å². The normalized spacial score (nSPS) is 36.7. The van der Waals surface area contributed by atoms with Gasteiger partial charge in [-0.3, -0.25) is 4.79 Å². The molecule has 4 fully saturated rings. The topological polar surface area (TPSA) is 42.0 Å². The molecule has 1 amide bonds. The Bertz CT molecular complexity index is 536. The third-order valence-electron chi connectivity index (χ3n) is 5.74. The lowest BCUT2D eigenvalue weighted by atomic mass is 9.49. The first-order chi connectivity index (χ1) is 10.1. The molecule has 1 heterocycles. The number of hydrogen-bond acceptors (Lipinski definition) is 2. The lowest BCUT2D eigenvalue weighted by Gasteiger charge is -2.56. The van der Waals surface area contributed by atoms with Crippen molar-refractivity contribution in [2.45, 2.75) is 38.5 Å². The van der Waals surface area contributed by atoms with E-state index in [0.29, 0.717) is 5.41 Å². The van der Waals surface area contributed by atoms with E-state index in [2.05, 4.69) is 10.3 Å². The molecule has 112 valence electrons. The van der Waals surface area contributed by atoms with Crippen molar-refractivity contribution in [3.63, 3.8) is 0 Å². The van der Waals surface area contributed by atoms with Gasteiger partial charge in [0.1, 0.15) is 5.69 Å². The van der Waals surface area contributed by atoms with Gasteiger partial charge in [-0.1, -0.05) is 6.07 Å². The maximum atomic E-state index is 13.1. The summed E-state index contributed by atoms with van der Waals surface area (Å²) in [4.78, 5) is 15.8. The molecule has 1 N–H and O–H groups in total. The standard InChI is InChI=1S/C17H21FN2O/c18-15-3-1-2-14(20-15)16(21)19-10-17-7-11-4-12(8-17)6-13(5-11)9-17/h1-3,11-13H,4-10H2,(H,19,21). The number of hydrogen-bond donors (Lipinski definition) is 1. The number of aromatic nitrogens is 1. The van der Waals surface area contributed by atoms with Crippen molar-refractivity contribution >= 4 is 5.91 Å². The predicted molar refractivity (Wildman–Crippen MR) is 77.1 cm³/mol. The van der Waals surface area contributed by atoms with Gasteiger partial charge in [-0.2, -0.15) is 4.39 Å². The number of pyridine rings is 1. The van der Waals surface area contributed by atoms with E-state index in [-0.39, 0.29) is 11.6 Å². The van der Waals surface area contributed by atoms with Crippen LogP contribution >= 0.6 is 0 Å². The highest BCUT2D eigenvalue weighted by molar-refractivity contribution is 5.92. The molecule has 0 radical (unpaired) electrons. The van der Waals surface area contributed by atoms with Crippen LogP contribution in [-0.2, 0) is 0 Å². The summed E-state index contributed by atoms with van der Waals surface area (Å²) in [5.41, 5.74) is 0.484. The van der Waals surface area contributed by atoms with E-state index >= 15 is 0 Å². The highest BCUT2D eigenvalue weighted by Gasteiger charge is 2.50. The third-order valence-corrected chi connectivity index (χ3v) is 5.74. The largest absolute Gasteiger partial charge is 0.350 e. The van der Waals surface area contributed by atoms with Crippen molar-refractivity contribution in [1.82, 2.24) is 10.3 Å². The summed E-state index contributed by atoms with van der Waals surface area (Å²) in [7, 11) is 0. The Balaban J connectivity index is 1.44. The first kappa shape index (κ1) is 13.2. The van der Waals surface area contributed by atoms with E-state index in [4.69, 9.17) is 0 Å². The van der Waals surface area contributed by atoms with Crippen LogP contribution in [0.25, 0.3) is 0 Å². The van der Waals surface area contributed by atoms with Gasteiger partial charge in [0.15, 0.2) is 0 Å². The Morgan fingerprint density at radius 2 is 1.81 bits per heavy atom. The molecule has 0 aliphatic heterocycles. The minimum Gasteiger partial charge on any atom is -0.350 e. The Morgan fingerprint density at radius 3 is 2.38 bits per heavy atom. The first-order valence-corrected chi connectivity index (χ1v) is 8.03. The van der Waals surface area contributed by atoms with Crippen LogP contribution in [0, 0.1) is 29.1 Å². The Kier molecular flexibility index (Phi) is 3.02. The SMILES string of the molecule is O=C(NCC12CC3CC(CC(C3)C1)C2)c1cccc(F)n1. The fourth-order valence-corrected chi connectivity index (χ4v) is 5.40. The summed E-state index contributed by atoms with van der Waals surface area (Å²) in [6.07, 6.45) is 7.98. The van der Waals surface area contributed by atoms with Crippen LogP contribution in [0.5, 0.6) is 0 Å². The average molecular weight is 288 g/mol. The van der Waals surface area contributed by atoms with Gasteiger partial charge in [0.2, 0.25) is 5.95 Å². The summed E-state index contributed by atoms with van der Waals surface area (Å²) >= 11 is 0. The number of rotatable bonds is 3. The highest BCUT2D eigenvalue weighted by atomic mass is 19.1. The molecule has 0 saturated heterocycles. The molecule has 0 atom stereocenters. The van der Waals surface area contributed by atoms with Crippen LogP contribution < -0.4 is 5.32 Å². The molecule has 4 saturated carbocycles. The van der Waals surface area contributed by atoms with Crippen molar-refractivity contribution in [2.75, 3.05) is 6.54 Å². The summed E-state index contributed by atoms with van der Waals surface area (Å²) < 4.78 is 13.1. The minimum absolute atomic E-state index is 0.180. The van der Waals surface area contributed by atoms with Crippen LogP contribution in [0.1, 0.15) is 49.0 Å². The molecule has 4 aliphatic rings. The van der Waals surface area contributed by atoms with Crippen LogP contribution in [-0.4, -0.2) is 17.4 Å². The van der Waals surface area contributed by atoms with E-state index in [1.807, 2.05) is 0 Å². The number of nitrogens with one attached hydrogen (secondary N) is 1. The van der Waals surface area contributed by atoms with E-state index in [9.17, 15) is 9.18 Å². The van der Waals surface area contributed by atoms with E-state index < -0.39 is 5.95 Å². The highest BCUT2D eigenvalue weighted by Crippen LogP contribution is 2.59. The van der Waals surface area contributed by atoms with Gasteiger partial charge < -0.3 is 5.32 Å². The summed E-state index contributed by atoms with van der Waals surface area (Å²) in [5.74, 6) is 1.78. The third kappa shape index (κ3) is 2.45. The molecule has 1 aromatic heterocycles. The molecule has 5 rings (SSSR count). The molecule has 0 spiro atoms. The number of carbonyl (C=O) groups is 1. The predicted octanol–water partition coefficient (Wildman–Crippen LogP) is 3.17. The number of nitrogens with zero attached hydrogens (tertiary/aromatic N) is 1. The Hall–Kier alpha value is -1.45. The molecular formula is C17H21FN2O. The average Bonchev–Trinajstić information content (AvgIpc) is 2.43. The summed E-state index contributed by atoms with van der Waals surface area (Å²) in [6, 6.07) is 4.36. The van der Waals surface area contributed by atoms with Gasteiger partial charge in [-0.05, 0) is 73.8 Å². The molecule has 1 aromatic rings. The first-order valence-electron chi connectivity index (χ1n) is 8.03. The lowest BCUT2D eigenvalue weighted by molar-refractivity contribution is -0.0503. The molecular weight excluding hydrogens is 267 g/mol. The maximum absolute atomic E-state index is 13.1. The van der Waals surface area contributed by atoms with Crippen molar-refractivity contribution in [3.05, 3.63) is 29.8 Å². The molecule has 4 bridgehead atoms. The van der Waals surface area contributed by atoms with Crippen molar-refractivity contribution in [3.8, 4) is 0 Å². The Morgan fingerprint density at radius 1 is 1.19 bits per heavy atom. The zero-order chi connectivity index (χ0) is 14.4. The second-order valence-corrected chi connectivity index (χ2v) is 7.45. The van der Waals surface area contributed by atoms with Gasteiger partial charge in [-0.15, -0.1) is 0 Å². The van der Waals surface area contributed by atoms with Gasteiger partial charge in [0.25, 0.3) is 5.91 Å². The van der Waals surface area contributed by atoms with Gasteiger partial charge in [0.05, 0.1) is 0 Å². The second-order valence-electron chi connectivity index (χ2n) is 7.45.